The van der Waals surface area contributed by atoms with E-state index in [9.17, 15) is 0 Å². The molecule has 2 aliphatic rings. The number of ether oxygens (including phenoxy) is 1. The molecule has 5 heteroatoms. The fourth-order valence-corrected chi connectivity index (χ4v) is 3.89. The van der Waals surface area contributed by atoms with Gasteiger partial charge < -0.3 is 14.6 Å². The van der Waals surface area contributed by atoms with Crippen LogP contribution in [0, 0.1) is 5.92 Å². The van der Waals surface area contributed by atoms with E-state index in [2.05, 4.69) is 24.3 Å². The molecule has 1 atom stereocenters. The first-order valence-electron chi connectivity index (χ1n) is 8.23. The monoisotopic (exact) mass is 293 g/mol. The average molecular weight is 293 g/mol. The Morgan fingerprint density at radius 3 is 2.52 bits per heavy atom. The van der Waals surface area contributed by atoms with Gasteiger partial charge in [-0.15, -0.1) is 0 Å². The van der Waals surface area contributed by atoms with Crippen LogP contribution in [0.1, 0.15) is 64.1 Å². The van der Waals surface area contributed by atoms with Crippen LogP contribution in [0.2, 0.25) is 0 Å². The summed E-state index contributed by atoms with van der Waals surface area (Å²) in [7, 11) is 1.77. The Kier molecular flexibility index (Phi) is 4.06. The fourth-order valence-electron chi connectivity index (χ4n) is 3.89. The van der Waals surface area contributed by atoms with E-state index in [0.717, 1.165) is 44.1 Å². The van der Waals surface area contributed by atoms with Crippen molar-refractivity contribution in [3.63, 3.8) is 0 Å². The van der Waals surface area contributed by atoms with E-state index in [0.29, 0.717) is 5.92 Å². The maximum absolute atomic E-state index is 5.83. The van der Waals surface area contributed by atoms with Crippen LogP contribution < -0.4 is 5.32 Å². The summed E-state index contributed by atoms with van der Waals surface area (Å²) in [5, 5.41) is 7.76. The quantitative estimate of drug-likeness (QED) is 0.925. The van der Waals surface area contributed by atoms with Gasteiger partial charge in [-0.1, -0.05) is 38.3 Å². The zero-order chi connectivity index (χ0) is 14.9. The van der Waals surface area contributed by atoms with Crippen LogP contribution in [0.25, 0.3) is 0 Å². The predicted octanol–water partition coefficient (Wildman–Crippen LogP) is 2.76. The van der Waals surface area contributed by atoms with E-state index >= 15 is 0 Å². The first-order chi connectivity index (χ1) is 10.1. The highest BCUT2D eigenvalue weighted by molar-refractivity contribution is 5.14. The van der Waals surface area contributed by atoms with Crippen LogP contribution in [-0.2, 0) is 15.8 Å². The van der Waals surface area contributed by atoms with Crippen LogP contribution in [0.3, 0.4) is 0 Å². The molecule has 1 unspecified atom stereocenters. The highest BCUT2D eigenvalue weighted by atomic mass is 16.5. The number of nitrogens with one attached hydrogen (secondary N) is 1. The number of methoxy groups -OCH3 is 1. The van der Waals surface area contributed by atoms with Gasteiger partial charge in [0.2, 0.25) is 11.7 Å². The Balaban J connectivity index is 1.92. The van der Waals surface area contributed by atoms with Crippen molar-refractivity contribution in [3.05, 3.63) is 11.7 Å². The molecule has 1 aliphatic heterocycles. The topological polar surface area (TPSA) is 60.2 Å². The van der Waals surface area contributed by atoms with Gasteiger partial charge in [-0.3, -0.25) is 0 Å². The minimum absolute atomic E-state index is 0.0190. The molecular formula is C16H27N3O2. The molecule has 2 heterocycles. The molecule has 118 valence electrons. The second-order valence-corrected chi connectivity index (χ2v) is 6.92. The van der Waals surface area contributed by atoms with E-state index in [1.165, 1.54) is 19.3 Å². The number of aromatic nitrogens is 2. The Labute approximate surface area is 126 Å². The summed E-state index contributed by atoms with van der Waals surface area (Å²) >= 11 is 0. The van der Waals surface area contributed by atoms with Crippen LogP contribution in [-0.4, -0.2) is 30.3 Å². The molecule has 21 heavy (non-hydrogen) atoms. The minimum atomic E-state index is -0.329. The van der Waals surface area contributed by atoms with Gasteiger partial charge in [-0.2, -0.15) is 4.98 Å². The summed E-state index contributed by atoms with van der Waals surface area (Å²) in [6.45, 7) is 6.42. The van der Waals surface area contributed by atoms with Gasteiger partial charge in [0, 0.05) is 13.7 Å². The van der Waals surface area contributed by atoms with Crippen molar-refractivity contribution in [1.29, 1.82) is 0 Å². The Morgan fingerprint density at radius 1 is 1.19 bits per heavy atom. The summed E-state index contributed by atoms with van der Waals surface area (Å²) in [4.78, 5) is 4.81. The smallest absolute Gasteiger partial charge is 0.234 e. The predicted molar refractivity (Wildman–Crippen MR) is 80.1 cm³/mol. The maximum Gasteiger partial charge on any atom is 0.234 e. The second-order valence-electron chi connectivity index (χ2n) is 6.92. The van der Waals surface area contributed by atoms with Crippen molar-refractivity contribution in [3.8, 4) is 0 Å². The van der Waals surface area contributed by atoms with Crippen molar-refractivity contribution >= 4 is 0 Å². The summed E-state index contributed by atoms with van der Waals surface area (Å²) in [5.41, 5.74) is -0.348. The summed E-state index contributed by atoms with van der Waals surface area (Å²) in [6.07, 6.45) is 6.68. The Hall–Kier alpha value is -0.940. The molecule has 2 fully saturated rings. The van der Waals surface area contributed by atoms with E-state index in [4.69, 9.17) is 14.2 Å². The number of rotatable bonds is 4. The first kappa shape index (κ1) is 15.0. The molecule has 0 aromatic carbocycles. The molecule has 1 saturated carbocycles. The van der Waals surface area contributed by atoms with Crippen molar-refractivity contribution in [2.24, 2.45) is 5.92 Å². The van der Waals surface area contributed by atoms with E-state index in [1.807, 2.05) is 0 Å². The third-order valence-electron chi connectivity index (χ3n) is 5.60. The third kappa shape index (κ3) is 2.40. The highest BCUT2D eigenvalue weighted by Crippen LogP contribution is 2.41. The number of nitrogens with zero attached hydrogens (tertiary/aromatic N) is 2. The average Bonchev–Trinajstić information content (AvgIpc) is 3.17. The third-order valence-corrected chi connectivity index (χ3v) is 5.60. The molecule has 0 amide bonds. The number of hydrogen-bond acceptors (Lipinski definition) is 5. The molecule has 1 N–H and O–H groups in total. The van der Waals surface area contributed by atoms with Gasteiger partial charge in [-0.05, 0) is 31.7 Å². The summed E-state index contributed by atoms with van der Waals surface area (Å²) in [5.74, 6) is 2.02. The van der Waals surface area contributed by atoms with E-state index in [-0.39, 0.29) is 11.0 Å². The lowest BCUT2D eigenvalue weighted by atomic mass is 9.76. The zero-order valence-corrected chi connectivity index (χ0v) is 13.4. The molecule has 1 aromatic rings. The van der Waals surface area contributed by atoms with Crippen LogP contribution in [0.15, 0.2) is 4.52 Å². The molecule has 1 saturated heterocycles. The molecule has 5 nitrogen and oxygen atoms in total. The molecular weight excluding hydrogens is 266 g/mol. The van der Waals surface area contributed by atoms with Crippen molar-refractivity contribution in [1.82, 2.24) is 15.5 Å². The second kappa shape index (κ2) is 5.69. The molecule has 1 aliphatic carbocycles. The molecule has 0 radical (unpaired) electrons. The van der Waals surface area contributed by atoms with Gasteiger partial charge in [-0.25, -0.2) is 0 Å². The maximum atomic E-state index is 5.83. The SMILES string of the molecule is COC1(c2noc(C3(C(C)C)CCNC3)n2)CCCCC1. The molecule has 1 aromatic heterocycles. The van der Waals surface area contributed by atoms with Crippen LogP contribution in [0.4, 0.5) is 0 Å². The highest BCUT2D eigenvalue weighted by Gasteiger charge is 2.46. The van der Waals surface area contributed by atoms with Crippen molar-refractivity contribution < 1.29 is 9.26 Å². The van der Waals surface area contributed by atoms with Gasteiger partial charge in [0.1, 0.15) is 5.60 Å². The lowest BCUT2D eigenvalue weighted by Gasteiger charge is -2.33. The van der Waals surface area contributed by atoms with Crippen LogP contribution in [0.5, 0.6) is 0 Å². The number of hydrogen-bond donors (Lipinski definition) is 1. The van der Waals surface area contributed by atoms with Crippen molar-refractivity contribution in [2.45, 2.75) is 63.4 Å². The largest absolute Gasteiger partial charge is 0.370 e. The summed E-state index contributed by atoms with van der Waals surface area (Å²) < 4.78 is 11.5. The van der Waals surface area contributed by atoms with Gasteiger partial charge in [0.25, 0.3) is 0 Å². The van der Waals surface area contributed by atoms with Gasteiger partial charge in [0.05, 0.1) is 5.41 Å². The minimum Gasteiger partial charge on any atom is -0.370 e. The zero-order valence-electron chi connectivity index (χ0n) is 13.4. The van der Waals surface area contributed by atoms with Gasteiger partial charge in [0.15, 0.2) is 0 Å². The summed E-state index contributed by atoms with van der Waals surface area (Å²) in [6, 6.07) is 0. The van der Waals surface area contributed by atoms with Gasteiger partial charge >= 0.3 is 0 Å². The first-order valence-corrected chi connectivity index (χ1v) is 8.23. The normalized spacial score (nSPS) is 29.1. The molecule has 3 rings (SSSR count). The molecule has 0 spiro atoms. The Bertz CT molecular complexity index is 472. The Morgan fingerprint density at radius 2 is 1.95 bits per heavy atom. The fraction of sp³-hybridized carbons (Fsp3) is 0.875. The van der Waals surface area contributed by atoms with E-state index in [1.54, 1.807) is 7.11 Å². The standard InChI is InChI=1S/C16H27N3O2/c1-12(2)15(9-10-17-11-15)14-18-13(19-21-14)16(20-3)7-5-4-6-8-16/h12,17H,4-11H2,1-3H3. The van der Waals surface area contributed by atoms with Crippen molar-refractivity contribution in [2.75, 3.05) is 20.2 Å². The molecule has 0 bridgehead atoms. The van der Waals surface area contributed by atoms with Crippen LogP contribution >= 0.6 is 0 Å². The van der Waals surface area contributed by atoms with E-state index < -0.39 is 0 Å². The lowest BCUT2D eigenvalue weighted by molar-refractivity contribution is -0.0527. The lowest BCUT2D eigenvalue weighted by Crippen LogP contribution is -2.36.